The van der Waals surface area contributed by atoms with Gasteiger partial charge >= 0.3 is 0 Å². The summed E-state index contributed by atoms with van der Waals surface area (Å²) < 4.78 is 2.39. The van der Waals surface area contributed by atoms with Crippen LogP contribution in [0.25, 0.3) is 11.0 Å². The Morgan fingerprint density at radius 2 is 1.92 bits per heavy atom. The molecule has 0 amide bonds. The van der Waals surface area contributed by atoms with Crippen LogP contribution in [0.15, 0.2) is 42.6 Å². The summed E-state index contributed by atoms with van der Waals surface area (Å²) in [5.41, 5.74) is 4.84. The molecule has 1 aliphatic heterocycles. The summed E-state index contributed by atoms with van der Waals surface area (Å²) >= 11 is 0. The largest absolute Gasteiger partial charge is 0.353 e. The first-order valence-corrected chi connectivity index (χ1v) is 9.28. The zero-order chi connectivity index (χ0) is 16.6. The van der Waals surface area contributed by atoms with E-state index in [0.717, 1.165) is 50.2 Å². The van der Waals surface area contributed by atoms with Gasteiger partial charge in [-0.05, 0) is 62.5 Å². The third-order valence-electron chi connectivity index (χ3n) is 5.51. The molecule has 5 rings (SSSR count). The molecule has 3 aromatic rings. The molecular weight excluding hydrogens is 310 g/mol. The molecule has 5 heteroatoms. The Labute approximate surface area is 147 Å². The van der Waals surface area contributed by atoms with Crippen molar-refractivity contribution in [1.82, 2.24) is 19.9 Å². The fourth-order valence-electron chi connectivity index (χ4n) is 4.25. The number of fused-ring (bicyclic) bond motifs is 2. The van der Waals surface area contributed by atoms with Crippen LogP contribution in [0.5, 0.6) is 0 Å². The van der Waals surface area contributed by atoms with E-state index < -0.39 is 0 Å². The van der Waals surface area contributed by atoms with E-state index in [9.17, 15) is 0 Å². The average Bonchev–Trinajstić information content (AvgIpc) is 3.23. The number of nitrogens with zero attached hydrogens (tertiary/aromatic N) is 3. The minimum absolute atomic E-state index is 0.271. The number of imidazole rings is 1. The minimum Gasteiger partial charge on any atom is -0.353 e. The Morgan fingerprint density at radius 1 is 1.04 bits per heavy atom. The van der Waals surface area contributed by atoms with E-state index in [4.69, 9.17) is 9.97 Å². The molecule has 1 aromatic carbocycles. The second kappa shape index (κ2) is 6.15. The Hall–Kier alpha value is -2.40. The first kappa shape index (κ1) is 14.9. The van der Waals surface area contributed by atoms with Crippen molar-refractivity contribution < 1.29 is 0 Å². The Balaban J connectivity index is 1.60. The summed E-state index contributed by atoms with van der Waals surface area (Å²) in [5.74, 6) is 0.997. The summed E-state index contributed by atoms with van der Waals surface area (Å²) in [6.07, 6.45) is 6.38. The van der Waals surface area contributed by atoms with Crippen LogP contribution in [-0.4, -0.2) is 33.7 Å². The minimum atomic E-state index is 0.271. The predicted octanol–water partition coefficient (Wildman–Crippen LogP) is 3.13. The molecule has 2 aliphatic rings. The lowest BCUT2D eigenvalue weighted by molar-refractivity contribution is 0.473. The summed E-state index contributed by atoms with van der Waals surface area (Å²) in [4.78, 5) is 9.63. The lowest BCUT2D eigenvalue weighted by Crippen LogP contribution is -2.36. The molecule has 128 valence electrons. The Kier molecular flexibility index (Phi) is 3.67. The molecule has 1 aliphatic carbocycles. The van der Waals surface area contributed by atoms with Crippen molar-refractivity contribution in [2.24, 2.45) is 0 Å². The third kappa shape index (κ3) is 2.59. The maximum absolute atomic E-state index is 4.93. The zero-order valence-corrected chi connectivity index (χ0v) is 14.3. The lowest BCUT2D eigenvalue weighted by atomic mass is 10.1. The number of aromatic nitrogens is 3. The van der Waals surface area contributed by atoms with E-state index in [2.05, 4.69) is 45.5 Å². The van der Waals surface area contributed by atoms with Gasteiger partial charge in [0, 0.05) is 12.2 Å². The second-order valence-electron chi connectivity index (χ2n) is 7.06. The van der Waals surface area contributed by atoms with Crippen molar-refractivity contribution in [2.75, 3.05) is 18.4 Å². The summed E-state index contributed by atoms with van der Waals surface area (Å²) in [5, 5.41) is 7.16. The van der Waals surface area contributed by atoms with Crippen molar-refractivity contribution in [2.45, 2.75) is 37.8 Å². The van der Waals surface area contributed by atoms with E-state index in [1.165, 1.54) is 16.8 Å². The van der Waals surface area contributed by atoms with Crippen molar-refractivity contribution >= 4 is 17.0 Å². The normalized spacial score (nSPS) is 20.7. The third-order valence-corrected chi connectivity index (χ3v) is 5.51. The van der Waals surface area contributed by atoms with Crippen LogP contribution in [0, 0.1) is 0 Å². The fourth-order valence-corrected chi connectivity index (χ4v) is 4.25. The Morgan fingerprint density at radius 3 is 2.84 bits per heavy atom. The van der Waals surface area contributed by atoms with Gasteiger partial charge in [-0.1, -0.05) is 18.2 Å². The van der Waals surface area contributed by atoms with Gasteiger partial charge in [-0.15, -0.1) is 0 Å². The summed E-state index contributed by atoms with van der Waals surface area (Å²) in [7, 11) is 0. The number of anilines is 1. The molecule has 0 spiro atoms. The highest BCUT2D eigenvalue weighted by Gasteiger charge is 2.29. The number of hydrogen-bond acceptors (Lipinski definition) is 4. The van der Waals surface area contributed by atoms with Gasteiger partial charge in [-0.3, -0.25) is 4.98 Å². The number of benzene rings is 1. The van der Waals surface area contributed by atoms with Crippen LogP contribution in [0.4, 0.5) is 5.95 Å². The van der Waals surface area contributed by atoms with E-state index in [1.54, 1.807) is 0 Å². The van der Waals surface area contributed by atoms with Gasteiger partial charge in [0.1, 0.15) is 0 Å². The zero-order valence-electron chi connectivity index (χ0n) is 14.3. The standard InChI is InChI=1S/C20H23N5/c1-2-6-17-16(5-1)24-20(23-15-9-12-21-13-10-15)25(17)18-8-7-14-4-3-11-22-19(14)18/h1-6,11,15,18,21H,7-10,12-13H2,(H,23,24). The number of hydrogen-bond donors (Lipinski definition) is 2. The van der Waals surface area contributed by atoms with Crippen molar-refractivity contribution in [1.29, 1.82) is 0 Å². The number of aryl methyl sites for hydroxylation is 1. The van der Waals surface area contributed by atoms with Crippen LogP contribution < -0.4 is 10.6 Å². The highest BCUT2D eigenvalue weighted by molar-refractivity contribution is 5.79. The molecule has 1 saturated heterocycles. The van der Waals surface area contributed by atoms with Gasteiger partial charge in [-0.2, -0.15) is 0 Å². The van der Waals surface area contributed by atoms with Crippen LogP contribution in [0.3, 0.4) is 0 Å². The monoisotopic (exact) mass is 333 g/mol. The molecule has 0 saturated carbocycles. The van der Waals surface area contributed by atoms with E-state index in [-0.39, 0.29) is 6.04 Å². The number of rotatable bonds is 3. The van der Waals surface area contributed by atoms with Gasteiger partial charge < -0.3 is 15.2 Å². The van der Waals surface area contributed by atoms with Crippen LogP contribution in [0.1, 0.15) is 36.6 Å². The topological polar surface area (TPSA) is 54.8 Å². The molecule has 0 radical (unpaired) electrons. The van der Waals surface area contributed by atoms with Crippen molar-refractivity contribution in [3.05, 3.63) is 53.9 Å². The first-order chi connectivity index (χ1) is 12.4. The van der Waals surface area contributed by atoms with Crippen molar-refractivity contribution in [3.63, 3.8) is 0 Å². The molecule has 2 N–H and O–H groups in total. The maximum Gasteiger partial charge on any atom is 0.204 e. The number of nitrogens with one attached hydrogen (secondary N) is 2. The SMILES string of the molecule is c1cnc2c(c1)CCC2n1c(NC2CCNCC2)nc2ccccc21. The molecular formula is C20H23N5. The molecule has 25 heavy (non-hydrogen) atoms. The Bertz CT molecular complexity index is 894. The second-order valence-corrected chi connectivity index (χ2v) is 7.06. The highest BCUT2D eigenvalue weighted by Crippen LogP contribution is 2.37. The average molecular weight is 333 g/mol. The van der Waals surface area contributed by atoms with Gasteiger partial charge in [0.25, 0.3) is 0 Å². The number of para-hydroxylation sites is 2. The van der Waals surface area contributed by atoms with E-state index in [1.807, 2.05) is 12.3 Å². The molecule has 5 nitrogen and oxygen atoms in total. The molecule has 2 aromatic heterocycles. The van der Waals surface area contributed by atoms with Crippen LogP contribution >= 0.6 is 0 Å². The van der Waals surface area contributed by atoms with Crippen LogP contribution in [0.2, 0.25) is 0 Å². The van der Waals surface area contributed by atoms with Gasteiger partial charge in [-0.25, -0.2) is 4.98 Å². The molecule has 0 bridgehead atoms. The van der Waals surface area contributed by atoms with Crippen molar-refractivity contribution in [3.8, 4) is 0 Å². The predicted molar refractivity (Wildman–Crippen MR) is 99.9 cm³/mol. The van der Waals surface area contributed by atoms with Gasteiger partial charge in [0.15, 0.2) is 0 Å². The number of piperidine rings is 1. The smallest absolute Gasteiger partial charge is 0.204 e. The molecule has 1 atom stereocenters. The molecule has 1 fully saturated rings. The molecule has 1 unspecified atom stereocenters. The van der Waals surface area contributed by atoms with Crippen LogP contribution in [-0.2, 0) is 6.42 Å². The van der Waals surface area contributed by atoms with Gasteiger partial charge in [0.2, 0.25) is 5.95 Å². The first-order valence-electron chi connectivity index (χ1n) is 9.28. The molecule has 3 heterocycles. The maximum atomic E-state index is 4.93. The number of pyridine rings is 1. The summed E-state index contributed by atoms with van der Waals surface area (Å²) in [6, 6.07) is 13.5. The van der Waals surface area contributed by atoms with Gasteiger partial charge in [0.05, 0.1) is 22.8 Å². The fraction of sp³-hybridized carbons (Fsp3) is 0.400. The quantitative estimate of drug-likeness (QED) is 0.773. The van der Waals surface area contributed by atoms with E-state index >= 15 is 0 Å². The van der Waals surface area contributed by atoms with E-state index in [0.29, 0.717) is 6.04 Å². The highest BCUT2D eigenvalue weighted by atomic mass is 15.2. The lowest BCUT2D eigenvalue weighted by Gasteiger charge is -2.26. The summed E-state index contributed by atoms with van der Waals surface area (Å²) in [6.45, 7) is 2.15.